The van der Waals surface area contributed by atoms with Crippen LogP contribution in [0.25, 0.3) is 5.57 Å². The summed E-state index contributed by atoms with van der Waals surface area (Å²) in [6.45, 7) is 8.56. The van der Waals surface area contributed by atoms with Crippen LogP contribution in [0.2, 0.25) is 0 Å². The van der Waals surface area contributed by atoms with Crippen molar-refractivity contribution in [2.75, 3.05) is 13.6 Å². The third kappa shape index (κ3) is 8.52. The number of esters is 2. The van der Waals surface area contributed by atoms with Crippen LogP contribution in [0.1, 0.15) is 59.6 Å². The summed E-state index contributed by atoms with van der Waals surface area (Å²) in [5.74, 6) is -2.28. The summed E-state index contributed by atoms with van der Waals surface area (Å²) in [7, 11) is -5.40. The van der Waals surface area contributed by atoms with Crippen molar-refractivity contribution in [2.45, 2.75) is 54.1 Å². The second-order valence-corrected chi connectivity index (χ2v) is 11.8. The molecule has 9 nitrogen and oxygen atoms in total. The van der Waals surface area contributed by atoms with Gasteiger partial charge < -0.3 is 15.2 Å². The molecule has 0 fully saturated rings. The van der Waals surface area contributed by atoms with Crippen molar-refractivity contribution in [2.24, 2.45) is 16.6 Å². The zero-order valence-electron chi connectivity index (χ0n) is 20.8. The Morgan fingerprint density at radius 2 is 1.29 bits per heavy atom. The highest BCUT2D eigenvalue weighted by Crippen LogP contribution is 2.66. The van der Waals surface area contributed by atoms with Crippen LogP contribution < -0.4 is 5.73 Å². The molecule has 0 heterocycles. The molecule has 0 unspecified atom stereocenters. The molecule has 12 heteroatoms. The number of alkyl halides is 2. The summed E-state index contributed by atoms with van der Waals surface area (Å²) in [4.78, 5) is 34.9. The van der Waals surface area contributed by atoms with E-state index in [1.807, 2.05) is 0 Å². The second-order valence-electron chi connectivity index (χ2n) is 9.70. The van der Waals surface area contributed by atoms with E-state index in [-0.39, 0.29) is 0 Å². The lowest BCUT2D eigenvalue weighted by Gasteiger charge is -2.27. The number of amides is 1. The number of ether oxygens (including phenoxy) is 2. The summed E-state index contributed by atoms with van der Waals surface area (Å²) in [6, 6.07) is 4.47. The van der Waals surface area contributed by atoms with Gasteiger partial charge in [-0.25, -0.2) is 0 Å². The molecule has 0 radical (unpaired) electrons. The zero-order valence-corrected chi connectivity index (χ0v) is 21.7. The minimum Gasteiger partial charge on any atom is -0.438 e. The minimum absolute atomic E-state index is 0.415. The van der Waals surface area contributed by atoms with E-state index in [0.29, 0.717) is 11.1 Å². The molecule has 1 amide bonds. The first-order valence-electron chi connectivity index (χ1n) is 10.5. The van der Waals surface area contributed by atoms with Gasteiger partial charge in [-0.1, -0.05) is 24.3 Å². The van der Waals surface area contributed by atoms with Gasteiger partial charge in [-0.05, 0) is 59.6 Å². The number of halogens is 2. The molecular formula is C23H32F2NO8P. The van der Waals surface area contributed by atoms with Gasteiger partial charge in [0.15, 0.2) is 0 Å². The zero-order chi connectivity index (χ0) is 27.2. The first-order valence-corrected chi connectivity index (χ1v) is 12.1. The number of carbonyl (C=O) groups is 3. The SMILES string of the molecule is C/C(=C\C(N)=O)c1ccc(C(F)(F)P(=O)(OCOC(=O)C(C)(C)C)OCOC(=O)C(C)(C)C)cc1. The fraction of sp³-hybridized carbons (Fsp3) is 0.522. The maximum absolute atomic E-state index is 15.4. The van der Waals surface area contributed by atoms with Crippen molar-refractivity contribution >= 4 is 31.0 Å². The Labute approximate surface area is 203 Å². The molecule has 1 rings (SSSR count). The maximum Gasteiger partial charge on any atom is 0.410 e. The average molecular weight is 519 g/mol. The van der Waals surface area contributed by atoms with Gasteiger partial charge in [0, 0.05) is 11.6 Å². The molecule has 0 aliphatic heterocycles. The van der Waals surface area contributed by atoms with Gasteiger partial charge in [0.2, 0.25) is 19.5 Å². The van der Waals surface area contributed by atoms with Crippen LogP contribution in [-0.4, -0.2) is 31.4 Å². The Kier molecular flexibility index (Phi) is 9.91. The van der Waals surface area contributed by atoms with Gasteiger partial charge in [0.05, 0.1) is 10.8 Å². The topological polar surface area (TPSA) is 131 Å². The largest absolute Gasteiger partial charge is 0.438 e. The van der Waals surface area contributed by atoms with Gasteiger partial charge in [-0.15, -0.1) is 0 Å². The van der Waals surface area contributed by atoms with Gasteiger partial charge in [-0.3, -0.25) is 28.0 Å². The molecule has 0 bridgehead atoms. The lowest BCUT2D eigenvalue weighted by molar-refractivity contribution is -0.163. The van der Waals surface area contributed by atoms with Crippen molar-refractivity contribution < 1.29 is 46.3 Å². The smallest absolute Gasteiger partial charge is 0.410 e. The molecule has 0 saturated heterocycles. The predicted octanol–water partition coefficient (Wildman–Crippen LogP) is 4.94. The molecule has 1 aromatic carbocycles. The number of benzene rings is 1. The van der Waals surface area contributed by atoms with E-state index >= 15 is 8.78 Å². The Bertz CT molecular complexity index is 972. The van der Waals surface area contributed by atoms with Crippen molar-refractivity contribution in [1.29, 1.82) is 0 Å². The van der Waals surface area contributed by atoms with Crippen molar-refractivity contribution in [3.63, 3.8) is 0 Å². The molecule has 2 N–H and O–H groups in total. The number of carbonyl (C=O) groups excluding carboxylic acids is 3. The van der Waals surface area contributed by atoms with E-state index < -0.39 is 61.1 Å². The molecule has 196 valence electrons. The van der Waals surface area contributed by atoms with Crippen LogP contribution in [0.3, 0.4) is 0 Å². The van der Waals surface area contributed by atoms with Crippen LogP contribution in [0.5, 0.6) is 0 Å². The van der Waals surface area contributed by atoms with Crippen molar-refractivity contribution in [3.05, 3.63) is 41.5 Å². The van der Waals surface area contributed by atoms with Gasteiger partial charge >= 0.3 is 25.2 Å². The highest BCUT2D eigenvalue weighted by molar-refractivity contribution is 7.54. The lowest BCUT2D eigenvalue weighted by Crippen LogP contribution is -2.27. The van der Waals surface area contributed by atoms with Gasteiger partial charge in [0.1, 0.15) is 0 Å². The third-order valence-corrected chi connectivity index (χ3v) is 6.28. The number of hydrogen-bond acceptors (Lipinski definition) is 8. The molecule has 0 aromatic heterocycles. The Balaban J connectivity index is 3.21. The Morgan fingerprint density at radius 1 is 0.886 bits per heavy atom. The number of hydrogen-bond donors (Lipinski definition) is 1. The maximum atomic E-state index is 15.4. The monoisotopic (exact) mass is 519 g/mol. The Hall–Kier alpha value is -2.62. The molecular weight excluding hydrogens is 487 g/mol. The van der Waals surface area contributed by atoms with Crippen LogP contribution in [0, 0.1) is 10.8 Å². The summed E-state index contributed by atoms with van der Waals surface area (Å²) in [5, 5.41) is 0. The van der Waals surface area contributed by atoms with E-state index in [4.69, 9.17) is 24.3 Å². The van der Waals surface area contributed by atoms with E-state index in [2.05, 4.69) is 0 Å². The fourth-order valence-electron chi connectivity index (χ4n) is 2.32. The molecule has 0 spiro atoms. The Morgan fingerprint density at radius 3 is 1.63 bits per heavy atom. The van der Waals surface area contributed by atoms with Crippen LogP contribution in [-0.2, 0) is 43.1 Å². The highest BCUT2D eigenvalue weighted by atomic mass is 31.2. The number of allylic oxidation sites excluding steroid dienone is 1. The average Bonchev–Trinajstić information content (AvgIpc) is 2.71. The van der Waals surface area contributed by atoms with Crippen molar-refractivity contribution in [1.82, 2.24) is 0 Å². The molecule has 0 atom stereocenters. The molecule has 1 aromatic rings. The quantitative estimate of drug-likeness (QED) is 0.199. The first-order chi connectivity index (χ1) is 15.8. The summed E-state index contributed by atoms with van der Waals surface area (Å²) in [5.41, 5.74) is -0.974. The summed E-state index contributed by atoms with van der Waals surface area (Å²) < 4.78 is 63.1. The van der Waals surface area contributed by atoms with E-state index in [1.54, 1.807) is 6.92 Å². The standard InChI is InChI=1S/C23H32F2NO8P/c1-15(12-18(26)27)16-8-10-17(11-9-16)23(24,25)35(30,33-13-31-19(28)21(2,3)4)34-14-32-20(29)22(5,6)7/h8-12H,13-14H2,1-7H3,(H2,26,27)/b15-12+. The number of nitrogens with two attached hydrogens (primary N) is 1. The van der Waals surface area contributed by atoms with E-state index in [1.165, 1.54) is 53.7 Å². The second kappa shape index (κ2) is 11.4. The predicted molar refractivity (Wildman–Crippen MR) is 124 cm³/mol. The number of rotatable bonds is 10. The van der Waals surface area contributed by atoms with E-state index in [0.717, 1.165) is 18.2 Å². The first kappa shape index (κ1) is 30.4. The summed E-state index contributed by atoms with van der Waals surface area (Å²) >= 11 is 0. The van der Waals surface area contributed by atoms with Gasteiger partial charge in [-0.2, -0.15) is 8.78 Å². The number of primary amides is 1. The molecule has 35 heavy (non-hydrogen) atoms. The van der Waals surface area contributed by atoms with Crippen LogP contribution in [0.15, 0.2) is 30.3 Å². The fourth-order valence-corrected chi connectivity index (χ4v) is 3.57. The molecule has 0 aliphatic carbocycles. The van der Waals surface area contributed by atoms with Crippen molar-refractivity contribution in [3.8, 4) is 0 Å². The minimum atomic E-state index is -5.40. The van der Waals surface area contributed by atoms with Gasteiger partial charge in [0.25, 0.3) is 0 Å². The third-order valence-electron chi connectivity index (χ3n) is 4.44. The summed E-state index contributed by atoms with van der Waals surface area (Å²) in [6.07, 6.45) is 1.12. The molecule has 0 saturated carbocycles. The van der Waals surface area contributed by atoms with Crippen LogP contribution >= 0.6 is 7.60 Å². The van der Waals surface area contributed by atoms with E-state index in [9.17, 15) is 18.9 Å². The van der Waals surface area contributed by atoms with Crippen LogP contribution in [0.4, 0.5) is 8.78 Å². The normalized spacial score (nSPS) is 13.3. The lowest BCUT2D eigenvalue weighted by atomic mass is 9.98. The highest BCUT2D eigenvalue weighted by Gasteiger charge is 2.56. The molecule has 0 aliphatic rings.